The fourth-order valence-electron chi connectivity index (χ4n) is 11.8. The lowest BCUT2D eigenvalue weighted by Gasteiger charge is -2.30. The van der Waals surface area contributed by atoms with E-state index < -0.39 is 5.41 Å². The van der Waals surface area contributed by atoms with Crippen molar-refractivity contribution in [3.63, 3.8) is 0 Å². The summed E-state index contributed by atoms with van der Waals surface area (Å²) >= 11 is 1.81. The lowest BCUT2D eigenvalue weighted by molar-refractivity contribution is 0.794. The van der Waals surface area contributed by atoms with Crippen LogP contribution in [0.25, 0.3) is 115 Å². The predicted octanol–water partition coefficient (Wildman–Crippen LogP) is 16.3. The van der Waals surface area contributed by atoms with Crippen molar-refractivity contribution in [2.45, 2.75) is 5.41 Å². The summed E-state index contributed by atoms with van der Waals surface area (Å²) in [5.74, 6) is 1.97. The van der Waals surface area contributed by atoms with Crippen LogP contribution >= 0.6 is 11.3 Å². The Labute approximate surface area is 402 Å². The molecule has 1 spiro atoms. The first-order chi connectivity index (χ1) is 34.2. The van der Waals surface area contributed by atoms with Gasteiger partial charge in [0.2, 0.25) is 0 Å². The average Bonchev–Trinajstić information content (AvgIpc) is 4.14. The van der Waals surface area contributed by atoms with Crippen LogP contribution in [0, 0.1) is 0 Å². The van der Waals surface area contributed by atoms with Gasteiger partial charge in [0.25, 0.3) is 0 Å². The zero-order chi connectivity index (χ0) is 45.2. The molecule has 2 aliphatic carbocycles. The molecule has 4 nitrogen and oxygen atoms in total. The summed E-state index contributed by atoms with van der Waals surface area (Å²) in [6.07, 6.45) is 0. The molecule has 3 aromatic heterocycles. The molecule has 0 atom stereocenters. The van der Waals surface area contributed by atoms with Crippen molar-refractivity contribution >= 4 is 53.3 Å². The van der Waals surface area contributed by atoms with Crippen LogP contribution in [0.3, 0.4) is 0 Å². The van der Waals surface area contributed by atoms with Gasteiger partial charge < -0.3 is 4.57 Å². The van der Waals surface area contributed by atoms with Crippen LogP contribution in [0.5, 0.6) is 0 Å². The smallest absolute Gasteiger partial charge is 0.164 e. The number of nitrogens with zero attached hydrogens (tertiary/aromatic N) is 4. The molecule has 5 heteroatoms. The van der Waals surface area contributed by atoms with Gasteiger partial charge in [-0.05, 0) is 110 Å². The Bertz CT molecular complexity index is 4140. The highest BCUT2D eigenvalue weighted by atomic mass is 32.1. The number of benzene rings is 10. The fraction of sp³-hybridized carbons (Fsp3) is 0.0156. The Morgan fingerprint density at radius 2 is 0.826 bits per heavy atom. The number of hydrogen-bond acceptors (Lipinski definition) is 4. The van der Waals surface area contributed by atoms with E-state index in [1.54, 1.807) is 0 Å². The summed E-state index contributed by atoms with van der Waals surface area (Å²) in [6.45, 7) is 0. The molecule has 0 saturated heterocycles. The van der Waals surface area contributed by atoms with E-state index in [4.69, 9.17) is 15.0 Å². The minimum atomic E-state index is -0.429. The van der Waals surface area contributed by atoms with Gasteiger partial charge in [-0.25, -0.2) is 15.0 Å². The molecule has 2 aliphatic rings. The van der Waals surface area contributed by atoms with Crippen molar-refractivity contribution < 1.29 is 0 Å². The second-order valence-electron chi connectivity index (χ2n) is 18.2. The van der Waals surface area contributed by atoms with Crippen molar-refractivity contribution in [1.82, 2.24) is 19.5 Å². The molecule has 3 heterocycles. The van der Waals surface area contributed by atoms with E-state index in [9.17, 15) is 0 Å². The van der Waals surface area contributed by atoms with E-state index in [2.05, 4.69) is 199 Å². The molecule has 0 saturated carbocycles. The molecule has 0 aliphatic heterocycles. The second-order valence-corrected chi connectivity index (χ2v) is 19.3. The second kappa shape index (κ2) is 14.6. The maximum absolute atomic E-state index is 5.17. The molecule has 320 valence electrons. The Hall–Kier alpha value is -8.77. The van der Waals surface area contributed by atoms with Gasteiger partial charge in [0, 0.05) is 53.3 Å². The Morgan fingerprint density at radius 3 is 1.46 bits per heavy atom. The lowest BCUT2D eigenvalue weighted by Crippen LogP contribution is -2.25. The quantitative estimate of drug-likeness (QED) is 0.173. The van der Waals surface area contributed by atoms with Crippen LogP contribution in [-0.2, 0) is 5.41 Å². The van der Waals surface area contributed by atoms with Gasteiger partial charge in [-0.1, -0.05) is 176 Å². The van der Waals surface area contributed by atoms with Crippen molar-refractivity contribution in [3.8, 4) is 73.2 Å². The lowest BCUT2D eigenvalue weighted by atomic mass is 9.70. The van der Waals surface area contributed by atoms with E-state index in [0.717, 1.165) is 33.3 Å². The first-order valence-electron chi connectivity index (χ1n) is 23.5. The molecule has 0 unspecified atom stereocenters. The monoisotopic (exact) mass is 894 g/mol. The van der Waals surface area contributed by atoms with Gasteiger partial charge in [0.05, 0.1) is 16.4 Å². The molecule has 13 aromatic rings. The number of hydrogen-bond donors (Lipinski definition) is 0. The van der Waals surface area contributed by atoms with Gasteiger partial charge in [-0.3, -0.25) is 0 Å². The number of aromatic nitrogens is 4. The Balaban J connectivity index is 0.946. The van der Waals surface area contributed by atoms with E-state index in [1.165, 1.54) is 86.7 Å². The average molecular weight is 895 g/mol. The molecule has 15 rings (SSSR count). The van der Waals surface area contributed by atoms with Gasteiger partial charge >= 0.3 is 0 Å². The molecule has 0 amide bonds. The van der Waals surface area contributed by atoms with E-state index >= 15 is 0 Å². The number of thiophene rings is 1. The Morgan fingerprint density at radius 1 is 0.319 bits per heavy atom. The minimum Gasteiger partial charge on any atom is -0.309 e. The van der Waals surface area contributed by atoms with Crippen molar-refractivity contribution in [1.29, 1.82) is 0 Å². The van der Waals surface area contributed by atoms with Crippen LogP contribution in [0.2, 0.25) is 0 Å². The zero-order valence-electron chi connectivity index (χ0n) is 37.1. The van der Waals surface area contributed by atoms with Gasteiger partial charge in [0.15, 0.2) is 17.5 Å². The van der Waals surface area contributed by atoms with Gasteiger partial charge in [-0.2, -0.15) is 0 Å². The highest BCUT2D eigenvalue weighted by molar-refractivity contribution is 7.26. The molecule has 0 bridgehead atoms. The summed E-state index contributed by atoms with van der Waals surface area (Å²) in [7, 11) is 0. The molecule has 69 heavy (non-hydrogen) atoms. The summed E-state index contributed by atoms with van der Waals surface area (Å²) in [5.41, 5.74) is 18.9. The molecule has 0 fully saturated rings. The van der Waals surface area contributed by atoms with Gasteiger partial charge in [0.1, 0.15) is 0 Å². The van der Waals surface area contributed by atoms with E-state index in [0.29, 0.717) is 17.5 Å². The predicted molar refractivity (Wildman–Crippen MR) is 285 cm³/mol. The van der Waals surface area contributed by atoms with Crippen LogP contribution in [0.4, 0.5) is 0 Å². The maximum atomic E-state index is 5.17. The van der Waals surface area contributed by atoms with E-state index in [1.807, 2.05) is 47.7 Å². The van der Waals surface area contributed by atoms with Gasteiger partial charge in [-0.15, -0.1) is 11.3 Å². The maximum Gasteiger partial charge on any atom is 0.164 e. The normalized spacial score (nSPS) is 13.0. The third-order valence-corrected chi connectivity index (χ3v) is 15.8. The molecule has 0 N–H and O–H groups in total. The van der Waals surface area contributed by atoms with Crippen LogP contribution in [0.1, 0.15) is 22.3 Å². The topological polar surface area (TPSA) is 43.6 Å². The number of rotatable bonds is 5. The SMILES string of the molecule is c1ccc(-c2nc(-c3ccccc3)nc(-c3cccc4sc5ccc(-c6ccc7c(c6)c6cc8c(cc6n7-c6ccccc6)C6(c7ccccc7-c7ccccc76)c6ccccc6-8)cc5c34)n2)cc1. The summed E-state index contributed by atoms with van der Waals surface area (Å²) in [6, 6.07) is 84.0. The van der Waals surface area contributed by atoms with Crippen LogP contribution in [-0.4, -0.2) is 19.5 Å². The molecular formula is C64H38N4S. The van der Waals surface area contributed by atoms with Crippen molar-refractivity contribution in [2.75, 3.05) is 0 Å². The highest BCUT2D eigenvalue weighted by Crippen LogP contribution is 2.63. The number of para-hydroxylation sites is 1. The first-order valence-corrected chi connectivity index (χ1v) is 24.3. The first kappa shape index (κ1) is 38.3. The number of fused-ring (bicyclic) bond motifs is 16. The minimum absolute atomic E-state index is 0.429. The summed E-state index contributed by atoms with van der Waals surface area (Å²) in [4.78, 5) is 15.3. The van der Waals surface area contributed by atoms with Crippen LogP contribution < -0.4 is 0 Å². The standard InChI is InChI=1S/C64H38N4S/c1-4-17-39(18-5-1)61-65-62(40-19-6-2-7-20-40)67-63(66-61)47-26-16-30-59-60(47)51-36-42(32-34-58(51)69-59)41-31-33-56-49(35-41)50-37-48-46-25-12-15-29-54(46)64(55(48)38-57(50)68(56)43-21-8-3-9-22-43)52-27-13-10-23-44(52)45-24-11-14-28-53(45)64/h1-38H. The molecular weight excluding hydrogens is 857 g/mol. The summed E-state index contributed by atoms with van der Waals surface area (Å²) < 4.78 is 4.90. The zero-order valence-corrected chi connectivity index (χ0v) is 38.0. The third kappa shape index (κ3) is 5.48. The third-order valence-electron chi connectivity index (χ3n) is 14.7. The highest BCUT2D eigenvalue weighted by Gasteiger charge is 2.51. The van der Waals surface area contributed by atoms with Crippen LogP contribution in [0.15, 0.2) is 231 Å². The Kier molecular flexibility index (Phi) is 8.12. The largest absolute Gasteiger partial charge is 0.309 e. The van der Waals surface area contributed by atoms with Crippen molar-refractivity contribution in [2.24, 2.45) is 0 Å². The molecule has 0 radical (unpaired) electrons. The van der Waals surface area contributed by atoms with E-state index in [-0.39, 0.29) is 0 Å². The fourth-order valence-corrected chi connectivity index (χ4v) is 12.9. The molecule has 10 aromatic carbocycles. The summed E-state index contributed by atoms with van der Waals surface area (Å²) in [5, 5.41) is 4.81. The van der Waals surface area contributed by atoms with Crippen molar-refractivity contribution in [3.05, 3.63) is 253 Å².